The van der Waals surface area contributed by atoms with Crippen LogP contribution in [0.15, 0.2) is 42.5 Å². The Kier molecular flexibility index (Phi) is 5.27. The van der Waals surface area contributed by atoms with E-state index in [1.165, 1.54) is 5.56 Å². The van der Waals surface area contributed by atoms with Crippen molar-refractivity contribution in [3.63, 3.8) is 0 Å². The van der Waals surface area contributed by atoms with E-state index in [1.807, 2.05) is 35.2 Å². The summed E-state index contributed by atoms with van der Waals surface area (Å²) in [6.45, 7) is 2.60. The molecule has 0 radical (unpaired) electrons. The van der Waals surface area contributed by atoms with Crippen molar-refractivity contribution in [2.45, 2.75) is 38.8 Å². The second-order valence-electron chi connectivity index (χ2n) is 6.59. The Labute approximate surface area is 149 Å². The number of carbonyl (C=O) groups is 1. The van der Waals surface area contributed by atoms with Crippen molar-refractivity contribution in [1.29, 1.82) is 0 Å². The van der Waals surface area contributed by atoms with Crippen LogP contribution in [0.4, 0.5) is 0 Å². The first-order valence-corrected chi connectivity index (χ1v) is 8.66. The molecule has 0 N–H and O–H groups in total. The van der Waals surface area contributed by atoms with Crippen LogP contribution in [0.2, 0.25) is 0 Å². The molecule has 1 saturated carbocycles. The number of rotatable bonds is 7. The van der Waals surface area contributed by atoms with E-state index in [0.29, 0.717) is 19.0 Å². The standard InChI is InChI=1S/C21H25NO3/c1-15-4-6-16(7-5-15)12-21(23)22(18-8-9-18)14-17-13-19(24-2)10-11-20(17)25-3/h4-7,10-11,13,18H,8-9,12,14H2,1-3H3. The number of aryl methyl sites for hydroxylation is 1. The van der Waals surface area contributed by atoms with E-state index in [1.54, 1.807) is 14.2 Å². The molecule has 4 heteroatoms. The molecule has 0 saturated heterocycles. The lowest BCUT2D eigenvalue weighted by Gasteiger charge is -2.24. The van der Waals surface area contributed by atoms with Crippen LogP contribution in [-0.2, 0) is 17.8 Å². The van der Waals surface area contributed by atoms with Crippen LogP contribution in [0.5, 0.6) is 11.5 Å². The van der Waals surface area contributed by atoms with Crippen molar-refractivity contribution in [2.24, 2.45) is 0 Å². The van der Waals surface area contributed by atoms with Gasteiger partial charge in [0.2, 0.25) is 5.91 Å². The van der Waals surface area contributed by atoms with E-state index < -0.39 is 0 Å². The highest BCUT2D eigenvalue weighted by molar-refractivity contribution is 5.79. The van der Waals surface area contributed by atoms with Crippen molar-refractivity contribution >= 4 is 5.91 Å². The first kappa shape index (κ1) is 17.3. The molecule has 1 aliphatic rings. The molecule has 2 aromatic carbocycles. The Bertz CT molecular complexity index is 735. The van der Waals surface area contributed by atoms with Crippen molar-refractivity contribution in [1.82, 2.24) is 4.90 Å². The molecule has 1 amide bonds. The highest BCUT2D eigenvalue weighted by atomic mass is 16.5. The second-order valence-corrected chi connectivity index (χ2v) is 6.59. The van der Waals surface area contributed by atoms with Crippen molar-refractivity contribution in [3.8, 4) is 11.5 Å². The normalized spacial score (nSPS) is 13.4. The molecule has 0 spiro atoms. The number of ether oxygens (including phenoxy) is 2. The van der Waals surface area contributed by atoms with Crippen LogP contribution in [0.25, 0.3) is 0 Å². The molecule has 0 atom stereocenters. The number of methoxy groups -OCH3 is 2. The summed E-state index contributed by atoms with van der Waals surface area (Å²) in [5, 5.41) is 0. The molecule has 25 heavy (non-hydrogen) atoms. The molecule has 3 rings (SSSR count). The Hall–Kier alpha value is -2.49. The lowest BCUT2D eigenvalue weighted by Crippen LogP contribution is -2.34. The van der Waals surface area contributed by atoms with Gasteiger partial charge in [0.15, 0.2) is 0 Å². The van der Waals surface area contributed by atoms with E-state index >= 15 is 0 Å². The molecular formula is C21H25NO3. The first-order chi connectivity index (χ1) is 12.1. The number of nitrogens with zero attached hydrogens (tertiary/aromatic N) is 1. The smallest absolute Gasteiger partial charge is 0.227 e. The van der Waals surface area contributed by atoms with Crippen LogP contribution in [-0.4, -0.2) is 31.1 Å². The Morgan fingerprint density at radius 2 is 1.80 bits per heavy atom. The van der Waals surface area contributed by atoms with Gasteiger partial charge in [0, 0.05) is 18.2 Å². The van der Waals surface area contributed by atoms with Gasteiger partial charge < -0.3 is 14.4 Å². The molecule has 0 heterocycles. The Balaban J connectivity index is 1.77. The van der Waals surface area contributed by atoms with Gasteiger partial charge in [-0.3, -0.25) is 4.79 Å². The van der Waals surface area contributed by atoms with Gasteiger partial charge >= 0.3 is 0 Å². The Morgan fingerprint density at radius 1 is 1.08 bits per heavy atom. The SMILES string of the molecule is COc1ccc(OC)c(CN(C(=O)Cc2ccc(C)cc2)C2CC2)c1. The molecular weight excluding hydrogens is 314 g/mol. The van der Waals surface area contributed by atoms with Gasteiger partial charge in [-0.25, -0.2) is 0 Å². The first-order valence-electron chi connectivity index (χ1n) is 8.66. The molecule has 132 valence electrons. The summed E-state index contributed by atoms with van der Waals surface area (Å²) < 4.78 is 10.8. The van der Waals surface area contributed by atoms with Gasteiger partial charge in [0.1, 0.15) is 11.5 Å². The quantitative estimate of drug-likeness (QED) is 0.771. The van der Waals surface area contributed by atoms with Crippen molar-refractivity contribution in [3.05, 3.63) is 59.2 Å². The number of hydrogen-bond acceptors (Lipinski definition) is 3. The fraction of sp³-hybridized carbons (Fsp3) is 0.381. The highest BCUT2D eigenvalue weighted by Gasteiger charge is 2.33. The average Bonchev–Trinajstić information content (AvgIpc) is 3.46. The number of hydrogen-bond donors (Lipinski definition) is 0. The number of carbonyl (C=O) groups excluding carboxylic acids is 1. The fourth-order valence-corrected chi connectivity index (χ4v) is 2.98. The van der Waals surface area contributed by atoms with Gasteiger partial charge in [-0.2, -0.15) is 0 Å². The van der Waals surface area contributed by atoms with Crippen LogP contribution in [0.3, 0.4) is 0 Å². The molecule has 0 unspecified atom stereocenters. The minimum Gasteiger partial charge on any atom is -0.497 e. The maximum absolute atomic E-state index is 12.9. The third kappa shape index (κ3) is 4.32. The lowest BCUT2D eigenvalue weighted by molar-refractivity contribution is -0.131. The maximum atomic E-state index is 12.9. The van der Waals surface area contributed by atoms with Gasteiger partial charge in [0.25, 0.3) is 0 Å². The summed E-state index contributed by atoms with van der Waals surface area (Å²) in [4.78, 5) is 14.9. The van der Waals surface area contributed by atoms with Gasteiger partial charge in [-0.05, 0) is 43.5 Å². The van der Waals surface area contributed by atoms with E-state index in [0.717, 1.165) is 35.5 Å². The van der Waals surface area contributed by atoms with E-state index in [2.05, 4.69) is 19.1 Å². The average molecular weight is 339 g/mol. The predicted octanol–water partition coefficient (Wildman–Crippen LogP) is 3.75. The molecule has 1 fully saturated rings. The molecule has 0 aliphatic heterocycles. The zero-order valence-corrected chi connectivity index (χ0v) is 15.1. The lowest BCUT2D eigenvalue weighted by atomic mass is 10.1. The summed E-state index contributed by atoms with van der Waals surface area (Å²) in [7, 11) is 3.30. The number of amides is 1. The summed E-state index contributed by atoms with van der Waals surface area (Å²) in [6, 6.07) is 14.2. The van der Waals surface area contributed by atoms with Crippen LogP contribution in [0.1, 0.15) is 29.5 Å². The highest BCUT2D eigenvalue weighted by Crippen LogP contribution is 2.32. The van der Waals surface area contributed by atoms with Crippen LogP contribution >= 0.6 is 0 Å². The fourth-order valence-electron chi connectivity index (χ4n) is 2.98. The van der Waals surface area contributed by atoms with Gasteiger partial charge in [-0.15, -0.1) is 0 Å². The third-order valence-corrected chi connectivity index (χ3v) is 4.61. The minimum absolute atomic E-state index is 0.163. The summed E-state index contributed by atoms with van der Waals surface area (Å²) >= 11 is 0. The topological polar surface area (TPSA) is 38.8 Å². The largest absolute Gasteiger partial charge is 0.497 e. The molecule has 0 aromatic heterocycles. The molecule has 4 nitrogen and oxygen atoms in total. The van der Waals surface area contributed by atoms with E-state index in [-0.39, 0.29) is 5.91 Å². The summed E-state index contributed by atoms with van der Waals surface area (Å²) in [5.74, 6) is 1.73. The van der Waals surface area contributed by atoms with Crippen molar-refractivity contribution < 1.29 is 14.3 Å². The van der Waals surface area contributed by atoms with E-state index in [4.69, 9.17) is 9.47 Å². The zero-order valence-electron chi connectivity index (χ0n) is 15.1. The molecule has 1 aliphatic carbocycles. The number of benzene rings is 2. The van der Waals surface area contributed by atoms with Gasteiger partial charge in [-0.1, -0.05) is 29.8 Å². The summed E-state index contributed by atoms with van der Waals surface area (Å²) in [5.41, 5.74) is 3.24. The molecule has 0 bridgehead atoms. The Morgan fingerprint density at radius 3 is 2.40 bits per heavy atom. The summed E-state index contributed by atoms with van der Waals surface area (Å²) in [6.07, 6.45) is 2.58. The van der Waals surface area contributed by atoms with Gasteiger partial charge in [0.05, 0.1) is 20.6 Å². The predicted molar refractivity (Wildman–Crippen MR) is 98.0 cm³/mol. The van der Waals surface area contributed by atoms with E-state index in [9.17, 15) is 4.79 Å². The minimum atomic E-state index is 0.163. The van der Waals surface area contributed by atoms with Crippen LogP contribution in [0, 0.1) is 6.92 Å². The maximum Gasteiger partial charge on any atom is 0.227 e. The third-order valence-electron chi connectivity index (χ3n) is 4.61. The van der Waals surface area contributed by atoms with Crippen molar-refractivity contribution in [2.75, 3.05) is 14.2 Å². The van der Waals surface area contributed by atoms with Crippen LogP contribution < -0.4 is 9.47 Å². The monoisotopic (exact) mass is 339 g/mol. The zero-order chi connectivity index (χ0) is 17.8. The second kappa shape index (κ2) is 7.60. The molecule has 2 aromatic rings.